The maximum atomic E-state index is 11.8. The van der Waals surface area contributed by atoms with Crippen molar-refractivity contribution >= 4 is 44.8 Å². The Morgan fingerprint density at radius 1 is 1.22 bits per heavy atom. The largest absolute Gasteiger partial charge is 0.299 e. The van der Waals surface area contributed by atoms with Crippen molar-refractivity contribution in [3.05, 3.63) is 51.1 Å². The lowest BCUT2D eigenvalue weighted by Gasteiger charge is -2.01. The van der Waals surface area contributed by atoms with Gasteiger partial charge in [-0.25, -0.2) is 0 Å². The Morgan fingerprint density at radius 2 is 2.00 bits per heavy atom. The van der Waals surface area contributed by atoms with E-state index < -0.39 is 0 Å². The number of thioether (sulfide) groups is 1. The van der Waals surface area contributed by atoms with Gasteiger partial charge in [-0.2, -0.15) is 0 Å². The van der Waals surface area contributed by atoms with Gasteiger partial charge in [0.1, 0.15) is 5.78 Å². The second-order valence-corrected chi connectivity index (χ2v) is 6.86. The van der Waals surface area contributed by atoms with Gasteiger partial charge >= 0.3 is 0 Å². The number of aryl methyl sites for hydroxylation is 1. The van der Waals surface area contributed by atoms with Crippen LogP contribution in [0.1, 0.15) is 11.3 Å². The molecule has 4 heteroatoms. The molecule has 0 saturated carbocycles. The molecule has 1 aromatic heterocycles. The fourth-order valence-electron chi connectivity index (χ4n) is 1.48. The summed E-state index contributed by atoms with van der Waals surface area (Å²) in [6, 6.07) is 12.2. The number of carbonyl (C=O) groups excluding carboxylic acids is 1. The predicted molar refractivity (Wildman–Crippen MR) is 82.5 cm³/mol. The van der Waals surface area contributed by atoms with Crippen molar-refractivity contribution in [3.63, 3.8) is 0 Å². The summed E-state index contributed by atoms with van der Waals surface area (Å²) in [4.78, 5) is 14.2. The van der Waals surface area contributed by atoms with Crippen LogP contribution in [0.3, 0.4) is 0 Å². The summed E-state index contributed by atoms with van der Waals surface area (Å²) in [7, 11) is 0. The quantitative estimate of drug-likeness (QED) is 0.702. The van der Waals surface area contributed by atoms with Gasteiger partial charge in [-0.3, -0.25) is 4.79 Å². The molecule has 0 aliphatic heterocycles. The smallest absolute Gasteiger partial charge is 0.143 e. The van der Waals surface area contributed by atoms with E-state index in [4.69, 9.17) is 0 Å². The van der Waals surface area contributed by atoms with Crippen LogP contribution in [0.2, 0.25) is 0 Å². The summed E-state index contributed by atoms with van der Waals surface area (Å²) >= 11 is 6.72. The number of halogens is 1. The highest BCUT2D eigenvalue weighted by atomic mass is 79.9. The number of Topliss-reactive ketones (excluding diaryl/α,β-unsaturated/α-hetero) is 1. The van der Waals surface area contributed by atoms with E-state index in [2.05, 4.69) is 27.4 Å². The van der Waals surface area contributed by atoms with Crippen molar-refractivity contribution in [2.24, 2.45) is 0 Å². The first kappa shape index (κ1) is 13.8. The van der Waals surface area contributed by atoms with Crippen molar-refractivity contribution in [2.75, 3.05) is 5.75 Å². The van der Waals surface area contributed by atoms with Crippen molar-refractivity contribution in [1.82, 2.24) is 0 Å². The molecule has 0 amide bonds. The second kappa shape index (κ2) is 7.12. The molecule has 0 aliphatic rings. The monoisotopic (exact) mass is 340 g/mol. The third-order valence-electron chi connectivity index (χ3n) is 2.44. The summed E-state index contributed by atoms with van der Waals surface area (Å²) in [5.41, 5.74) is 0. The molecular formula is C14H13BrOS2. The molecule has 0 N–H and O–H groups in total. The molecule has 0 spiro atoms. The summed E-state index contributed by atoms with van der Waals surface area (Å²) in [5.74, 6) is 0.879. The normalized spacial score (nSPS) is 10.5. The maximum Gasteiger partial charge on any atom is 0.143 e. The zero-order valence-electron chi connectivity index (χ0n) is 9.77. The molecule has 0 atom stereocenters. The Balaban J connectivity index is 1.73. The van der Waals surface area contributed by atoms with E-state index in [0.29, 0.717) is 18.0 Å². The summed E-state index contributed by atoms with van der Waals surface area (Å²) in [6.07, 6.45) is 1.52. The Morgan fingerprint density at radius 3 is 2.67 bits per heavy atom. The van der Waals surface area contributed by atoms with Crippen LogP contribution in [-0.4, -0.2) is 11.5 Å². The molecule has 0 aliphatic carbocycles. The van der Waals surface area contributed by atoms with Gasteiger partial charge in [-0.15, -0.1) is 23.1 Å². The summed E-state index contributed by atoms with van der Waals surface area (Å²) in [6.45, 7) is 0. The van der Waals surface area contributed by atoms with Crippen LogP contribution in [-0.2, 0) is 11.2 Å². The molecule has 0 unspecified atom stereocenters. The highest BCUT2D eigenvalue weighted by molar-refractivity contribution is 9.10. The fraction of sp³-hybridized carbons (Fsp3) is 0.214. The first-order valence-corrected chi connectivity index (χ1v) is 8.32. The summed E-state index contributed by atoms with van der Waals surface area (Å²) < 4.78 is 1.07. The van der Waals surface area contributed by atoms with Gasteiger partial charge in [-0.05, 0) is 42.1 Å². The number of carbonyl (C=O) groups is 1. The van der Waals surface area contributed by atoms with Crippen molar-refractivity contribution in [1.29, 1.82) is 0 Å². The predicted octanol–water partition coefficient (Wildman–Crippen LogP) is 4.80. The van der Waals surface area contributed by atoms with Gasteiger partial charge in [0.2, 0.25) is 0 Å². The molecule has 2 rings (SSSR count). The topological polar surface area (TPSA) is 17.1 Å². The number of ketones is 1. The van der Waals surface area contributed by atoms with E-state index in [1.54, 1.807) is 23.1 Å². The van der Waals surface area contributed by atoms with E-state index in [1.807, 2.05) is 30.3 Å². The van der Waals surface area contributed by atoms with E-state index in [-0.39, 0.29) is 0 Å². The minimum atomic E-state index is 0.316. The van der Waals surface area contributed by atoms with Crippen LogP contribution in [0.25, 0.3) is 0 Å². The third-order valence-corrected chi connectivity index (χ3v) is 4.98. The van der Waals surface area contributed by atoms with E-state index in [1.165, 1.54) is 4.88 Å². The Kier molecular flexibility index (Phi) is 5.47. The van der Waals surface area contributed by atoms with Crippen molar-refractivity contribution < 1.29 is 4.79 Å². The highest BCUT2D eigenvalue weighted by Crippen LogP contribution is 2.21. The number of hydrogen-bond acceptors (Lipinski definition) is 3. The Hall–Kier alpha value is -0.580. The molecule has 0 bridgehead atoms. The second-order valence-electron chi connectivity index (χ2n) is 3.86. The lowest BCUT2D eigenvalue weighted by atomic mass is 10.2. The zero-order chi connectivity index (χ0) is 12.8. The van der Waals surface area contributed by atoms with Gasteiger partial charge in [0, 0.05) is 20.7 Å². The lowest BCUT2D eigenvalue weighted by Crippen LogP contribution is -2.02. The number of rotatable bonds is 6. The number of hydrogen-bond donors (Lipinski definition) is 0. The molecule has 1 nitrogen and oxygen atoms in total. The standard InChI is InChI=1S/C14H13BrOS2/c15-11-3-6-14(7-4-11)18-10-12(16)5-8-13-2-1-9-17-13/h1-4,6-7,9H,5,8,10H2. The molecule has 18 heavy (non-hydrogen) atoms. The van der Waals surface area contributed by atoms with Crippen LogP contribution in [0.5, 0.6) is 0 Å². The Bertz CT molecular complexity index is 491. The van der Waals surface area contributed by atoms with Gasteiger partial charge in [0.15, 0.2) is 0 Å². The molecule has 0 fully saturated rings. The van der Waals surface area contributed by atoms with E-state index in [9.17, 15) is 4.79 Å². The van der Waals surface area contributed by atoms with E-state index >= 15 is 0 Å². The maximum absolute atomic E-state index is 11.8. The fourth-order valence-corrected chi connectivity index (χ4v) is 3.26. The molecule has 0 radical (unpaired) electrons. The molecule has 1 heterocycles. The average molecular weight is 341 g/mol. The molecule has 0 saturated heterocycles. The minimum Gasteiger partial charge on any atom is -0.299 e. The van der Waals surface area contributed by atoms with Crippen LogP contribution in [0, 0.1) is 0 Å². The van der Waals surface area contributed by atoms with Gasteiger partial charge in [0.25, 0.3) is 0 Å². The summed E-state index contributed by atoms with van der Waals surface area (Å²) in [5, 5.41) is 2.05. The van der Waals surface area contributed by atoms with Crippen molar-refractivity contribution in [3.8, 4) is 0 Å². The molecular weight excluding hydrogens is 328 g/mol. The van der Waals surface area contributed by atoms with Crippen molar-refractivity contribution in [2.45, 2.75) is 17.7 Å². The third kappa shape index (κ3) is 4.59. The first-order valence-electron chi connectivity index (χ1n) is 5.66. The SMILES string of the molecule is O=C(CCc1cccs1)CSc1ccc(Br)cc1. The number of thiophene rings is 1. The minimum absolute atomic E-state index is 0.316. The highest BCUT2D eigenvalue weighted by Gasteiger charge is 2.04. The van der Waals surface area contributed by atoms with Gasteiger partial charge < -0.3 is 0 Å². The number of benzene rings is 1. The Labute approximate surface area is 124 Å². The molecule has 94 valence electrons. The van der Waals surface area contributed by atoms with Crippen LogP contribution in [0.4, 0.5) is 0 Å². The molecule has 1 aromatic carbocycles. The van der Waals surface area contributed by atoms with Gasteiger partial charge in [0.05, 0.1) is 5.75 Å². The molecule has 2 aromatic rings. The lowest BCUT2D eigenvalue weighted by molar-refractivity contribution is -0.116. The zero-order valence-corrected chi connectivity index (χ0v) is 13.0. The van der Waals surface area contributed by atoms with Crippen LogP contribution in [0.15, 0.2) is 51.1 Å². The van der Waals surface area contributed by atoms with Crippen LogP contribution >= 0.6 is 39.0 Å². The average Bonchev–Trinajstić information content (AvgIpc) is 2.89. The first-order chi connectivity index (χ1) is 8.74. The van der Waals surface area contributed by atoms with E-state index in [0.717, 1.165) is 15.8 Å². The van der Waals surface area contributed by atoms with Crippen LogP contribution < -0.4 is 0 Å². The van der Waals surface area contributed by atoms with Gasteiger partial charge in [-0.1, -0.05) is 22.0 Å².